The Morgan fingerprint density at radius 1 is 0.853 bits per heavy atom. The summed E-state index contributed by atoms with van der Waals surface area (Å²) in [5.41, 5.74) is 1.10. The summed E-state index contributed by atoms with van der Waals surface area (Å²) in [5, 5.41) is 2.02. The second kappa shape index (κ2) is 13.4. The van der Waals surface area contributed by atoms with Gasteiger partial charge in [-0.15, -0.1) is 0 Å². The zero-order valence-electron chi connectivity index (χ0n) is 21.1. The Morgan fingerprint density at radius 3 is 1.85 bits per heavy atom. The molecule has 0 spiro atoms. The van der Waals surface area contributed by atoms with Crippen LogP contribution < -0.4 is 4.83 Å². The van der Waals surface area contributed by atoms with Crippen molar-refractivity contribution in [1.29, 1.82) is 0 Å². The molecule has 5 nitrogen and oxygen atoms in total. The molecule has 0 saturated carbocycles. The number of rotatable bonds is 14. The first-order chi connectivity index (χ1) is 16.5. The zero-order chi connectivity index (χ0) is 24.4. The van der Waals surface area contributed by atoms with E-state index in [1.807, 2.05) is 29.3 Å². The summed E-state index contributed by atoms with van der Waals surface area (Å²) in [7, 11) is -3.71. The van der Waals surface area contributed by atoms with Gasteiger partial charge in [0.2, 0.25) is 0 Å². The Labute approximate surface area is 211 Å². The van der Waals surface area contributed by atoms with E-state index in [2.05, 4.69) is 37.7 Å². The van der Waals surface area contributed by atoms with Crippen LogP contribution in [-0.2, 0) is 14.8 Å². The molecule has 0 radical (unpaired) electrons. The molecule has 3 rings (SSSR count). The van der Waals surface area contributed by atoms with Gasteiger partial charge in [-0.1, -0.05) is 0 Å². The van der Waals surface area contributed by atoms with E-state index in [0.29, 0.717) is 11.5 Å². The molecule has 0 aromatic heterocycles. The molecule has 0 amide bonds. The molecule has 1 aliphatic rings. The molecule has 1 heterocycles. The summed E-state index contributed by atoms with van der Waals surface area (Å²) < 4.78 is 37.3. The van der Waals surface area contributed by atoms with Crippen LogP contribution in [0.15, 0.2) is 65.6 Å². The van der Waals surface area contributed by atoms with Crippen molar-refractivity contribution in [1.82, 2.24) is 9.84 Å². The molecule has 1 saturated heterocycles. The van der Waals surface area contributed by atoms with Gasteiger partial charge in [-0.05, 0) is 0 Å². The number of benzene rings is 2. The molecule has 1 aliphatic heterocycles. The number of hydrogen-bond acceptors (Lipinski definition) is 4. The van der Waals surface area contributed by atoms with Gasteiger partial charge in [0.1, 0.15) is 0 Å². The van der Waals surface area contributed by atoms with Gasteiger partial charge in [-0.2, -0.15) is 0 Å². The molecule has 7 heteroatoms. The molecule has 2 atom stereocenters. The van der Waals surface area contributed by atoms with Gasteiger partial charge < -0.3 is 0 Å². The van der Waals surface area contributed by atoms with Crippen molar-refractivity contribution in [3.8, 4) is 0 Å². The first kappa shape index (κ1) is 27.7. The first-order valence-electron chi connectivity index (χ1n) is 13.0. The third kappa shape index (κ3) is 6.84. The van der Waals surface area contributed by atoms with Gasteiger partial charge in [-0.25, -0.2) is 0 Å². The topological polar surface area (TPSA) is 58.6 Å². The summed E-state index contributed by atoms with van der Waals surface area (Å²) in [6.45, 7) is 7.30. The second-order valence-corrected chi connectivity index (χ2v) is 24.7. The Hall–Kier alpha value is -0.931. The second-order valence-electron chi connectivity index (χ2n) is 9.60. The molecule has 2 aromatic rings. The predicted octanol–water partition coefficient (Wildman–Crippen LogP) is 6.67. The summed E-state index contributed by atoms with van der Waals surface area (Å²) in [5.74, 6) is 0. The number of hydrogen-bond donors (Lipinski definition) is 1. The van der Waals surface area contributed by atoms with Crippen molar-refractivity contribution in [3.63, 3.8) is 0 Å². The van der Waals surface area contributed by atoms with Crippen LogP contribution in [0.5, 0.6) is 0 Å². The van der Waals surface area contributed by atoms with Crippen LogP contribution in [0.2, 0.25) is 13.3 Å². The predicted molar refractivity (Wildman–Crippen MR) is 142 cm³/mol. The van der Waals surface area contributed by atoms with Crippen molar-refractivity contribution in [2.45, 2.75) is 87.8 Å². The molecular formula is C27H42N2O3SSn. The van der Waals surface area contributed by atoms with Crippen LogP contribution in [-0.4, -0.2) is 42.7 Å². The van der Waals surface area contributed by atoms with Crippen LogP contribution >= 0.6 is 0 Å². The normalized spacial score (nSPS) is 19.5. The Bertz CT molecular complexity index is 935. The third-order valence-electron chi connectivity index (χ3n) is 7.07. The van der Waals surface area contributed by atoms with Gasteiger partial charge in [0.25, 0.3) is 0 Å². The Kier molecular flexibility index (Phi) is 10.9. The molecule has 188 valence electrons. The quantitative estimate of drug-likeness (QED) is 0.249. The first-order valence-corrected chi connectivity index (χ1v) is 22.2. The average Bonchev–Trinajstić information content (AvgIpc) is 3.28. The van der Waals surface area contributed by atoms with Crippen LogP contribution in [0.3, 0.4) is 0 Å². The van der Waals surface area contributed by atoms with Gasteiger partial charge in [-0.3, -0.25) is 0 Å². The van der Waals surface area contributed by atoms with E-state index in [-0.39, 0.29) is 10.3 Å². The number of unbranched alkanes of at least 4 members (excludes halogenated alkanes) is 3. The van der Waals surface area contributed by atoms with Crippen molar-refractivity contribution >= 4 is 28.4 Å². The summed E-state index contributed by atoms with van der Waals surface area (Å²) in [4.78, 5) is 3.33. The van der Waals surface area contributed by atoms with Gasteiger partial charge in [0.05, 0.1) is 0 Å². The molecule has 1 N–H and O–H groups in total. The van der Waals surface area contributed by atoms with E-state index in [4.69, 9.17) is 4.74 Å². The summed E-state index contributed by atoms with van der Waals surface area (Å²) >= 11 is -2.96. The van der Waals surface area contributed by atoms with Crippen molar-refractivity contribution in [3.05, 3.63) is 66.2 Å². The minimum absolute atomic E-state index is 0.0948. The maximum atomic E-state index is 13.5. The monoisotopic (exact) mass is 594 g/mol. The molecule has 0 aliphatic carbocycles. The van der Waals surface area contributed by atoms with Crippen molar-refractivity contribution in [2.75, 3.05) is 6.61 Å². The Balaban J connectivity index is 2.03. The molecule has 1 unspecified atom stereocenters. The maximum absolute atomic E-state index is 13.5. The fraction of sp³-hybridized carbons (Fsp3) is 0.556. The molecule has 1 fully saturated rings. The summed E-state index contributed by atoms with van der Waals surface area (Å²) in [6, 6.07) is 18.8. The third-order valence-corrected chi connectivity index (χ3v) is 24.2. The molecule has 34 heavy (non-hydrogen) atoms. The minimum atomic E-state index is -3.71. The number of sulfonamides is 1. The van der Waals surface area contributed by atoms with E-state index >= 15 is 0 Å². The molecule has 2 aromatic carbocycles. The standard InChI is InChI=1S/C15H15N2O3S.3C4H9.Sn/c18-21(19,14-9-5-2-6-10-14)16-17-12-20-11-15(17)13-7-3-1-4-8-13;3*1-3-4-2;/h1-10,12,15-16H,11H2;3*1,3-4H2,2H3;/t15-;;;;/m0..../s1. The van der Waals surface area contributed by atoms with Crippen molar-refractivity contribution < 1.29 is 13.2 Å². The van der Waals surface area contributed by atoms with E-state index in [9.17, 15) is 8.42 Å². The molecular weight excluding hydrogens is 551 g/mol. The number of hydrazine groups is 1. The van der Waals surface area contributed by atoms with Crippen LogP contribution in [0, 0.1) is 0 Å². The van der Waals surface area contributed by atoms with E-state index in [1.54, 1.807) is 24.3 Å². The average molecular weight is 593 g/mol. The fourth-order valence-electron chi connectivity index (χ4n) is 5.14. The van der Waals surface area contributed by atoms with Gasteiger partial charge in [0.15, 0.2) is 0 Å². The SMILES string of the molecule is CCC[CH2][Sn]([CH2]CCC)([CH2]CCC)[CH]1OC[C@@H](c2ccccc2)N1NS(=O)(=O)c1ccccc1. The number of nitrogens with zero attached hydrogens (tertiary/aromatic N) is 1. The molecule has 0 bridgehead atoms. The van der Waals surface area contributed by atoms with E-state index < -0.39 is 28.4 Å². The fourth-order valence-corrected chi connectivity index (χ4v) is 23.5. The Morgan fingerprint density at radius 2 is 1.35 bits per heavy atom. The zero-order valence-corrected chi connectivity index (χ0v) is 24.8. The van der Waals surface area contributed by atoms with Crippen LogP contribution in [0.1, 0.15) is 70.9 Å². The number of nitrogens with one attached hydrogen (secondary N) is 1. The summed E-state index contributed by atoms with van der Waals surface area (Å²) in [6.07, 6.45) is 7.13. The van der Waals surface area contributed by atoms with Gasteiger partial charge in [0, 0.05) is 0 Å². The van der Waals surface area contributed by atoms with E-state index in [1.165, 1.54) is 51.8 Å². The number of ether oxygens (including phenoxy) is 1. The van der Waals surface area contributed by atoms with Crippen LogP contribution in [0.4, 0.5) is 0 Å². The van der Waals surface area contributed by atoms with Crippen LogP contribution in [0.25, 0.3) is 0 Å². The van der Waals surface area contributed by atoms with E-state index in [0.717, 1.165) is 5.56 Å². The van der Waals surface area contributed by atoms with Gasteiger partial charge >= 0.3 is 212 Å². The van der Waals surface area contributed by atoms with Crippen molar-refractivity contribution in [2.24, 2.45) is 0 Å².